The number of methoxy groups -OCH3 is 2. The first-order chi connectivity index (χ1) is 24.7. The van der Waals surface area contributed by atoms with Crippen molar-refractivity contribution in [2.45, 2.75) is 11.9 Å². The molecule has 0 spiro atoms. The number of nitrogens with zero attached hydrogens (tertiary/aromatic N) is 5. The number of aromatic nitrogens is 5. The number of carbonyl (C=O) groups excluding carboxylic acids is 2. The summed E-state index contributed by atoms with van der Waals surface area (Å²) in [5.74, 6) is 1.82. The van der Waals surface area contributed by atoms with Gasteiger partial charge in [-0.15, -0.1) is 11.6 Å². The van der Waals surface area contributed by atoms with Crippen LogP contribution in [0, 0.1) is 0 Å². The van der Waals surface area contributed by atoms with E-state index in [4.69, 9.17) is 36.6 Å². The lowest BCUT2D eigenvalue weighted by atomic mass is 10.1. The summed E-state index contributed by atoms with van der Waals surface area (Å²) < 4.78 is 18.5. The summed E-state index contributed by atoms with van der Waals surface area (Å²) in [6.07, 6.45) is 1.59. The molecule has 7 aromatic rings. The Hall–Kier alpha value is -5.82. The van der Waals surface area contributed by atoms with E-state index in [2.05, 4.69) is 25.3 Å². The number of aryl methyl sites for hydroxylation is 2. The fourth-order valence-electron chi connectivity index (χ4n) is 5.17. The van der Waals surface area contributed by atoms with Crippen molar-refractivity contribution in [2.75, 3.05) is 20.8 Å². The van der Waals surface area contributed by atoms with Crippen molar-refractivity contribution in [1.82, 2.24) is 24.1 Å². The minimum absolute atomic E-state index is 0.332. The molecule has 1 atom stereocenters. The normalized spacial score (nSPS) is 11.3. The Morgan fingerprint density at radius 3 is 1.67 bits per heavy atom. The molecular weight excluding hydrogens is 672 g/mol. The zero-order valence-corrected chi connectivity index (χ0v) is 29.2. The molecule has 0 fully saturated rings. The average molecular weight is 709 g/mol. The number of imidazole rings is 2. The molecule has 3 aromatic heterocycles. The van der Waals surface area contributed by atoms with E-state index in [0.717, 1.165) is 56.1 Å². The molecule has 13 heteroatoms. The van der Waals surface area contributed by atoms with Crippen LogP contribution in [0.2, 0.25) is 0 Å². The first-order valence-electron chi connectivity index (χ1n) is 15.8. The number of para-hydroxylation sites is 4. The minimum Gasteiger partial charge on any atom is -0.468 e. The number of halogens is 1. The Bertz CT molecular complexity index is 2240. The number of hydrogen-bond donors (Lipinski definition) is 2. The van der Waals surface area contributed by atoms with Gasteiger partial charge < -0.3 is 33.9 Å². The van der Waals surface area contributed by atoms with Crippen molar-refractivity contribution in [1.29, 1.82) is 0 Å². The summed E-state index contributed by atoms with van der Waals surface area (Å²) in [4.78, 5) is 35.3. The topological polar surface area (TPSA) is 161 Å². The highest BCUT2D eigenvalue weighted by Crippen LogP contribution is 2.27. The van der Waals surface area contributed by atoms with E-state index in [1.807, 2.05) is 97.5 Å². The molecule has 0 saturated heterocycles. The third-order valence-corrected chi connectivity index (χ3v) is 8.19. The van der Waals surface area contributed by atoms with Crippen LogP contribution >= 0.6 is 11.6 Å². The number of oxazole rings is 1. The first kappa shape index (κ1) is 36.5. The highest BCUT2D eigenvalue weighted by atomic mass is 35.5. The van der Waals surface area contributed by atoms with Gasteiger partial charge in [-0.1, -0.05) is 48.5 Å². The Labute approximate surface area is 299 Å². The van der Waals surface area contributed by atoms with Crippen molar-refractivity contribution in [2.24, 2.45) is 19.8 Å². The van der Waals surface area contributed by atoms with E-state index in [-0.39, 0.29) is 12.6 Å². The van der Waals surface area contributed by atoms with Crippen LogP contribution in [-0.2, 0) is 34.2 Å². The zero-order chi connectivity index (χ0) is 36.5. The average Bonchev–Trinajstić information content (AvgIpc) is 3.90. The highest BCUT2D eigenvalue weighted by molar-refractivity contribution is 6.16. The maximum Gasteiger partial charge on any atom is 0.337 e. The fourth-order valence-corrected chi connectivity index (χ4v) is 5.29. The third kappa shape index (κ3) is 8.32. The molecule has 1 unspecified atom stereocenters. The number of alkyl halides is 1. The second-order valence-corrected chi connectivity index (χ2v) is 11.5. The monoisotopic (exact) mass is 708 g/mol. The molecule has 12 nitrogen and oxygen atoms in total. The van der Waals surface area contributed by atoms with E-state index in [1.165, 1.54) is 14.2 Å². The Kier molecular flexibility index (Phi) is 12.0. The quantitative estimate of drug-likeness (QED) is 0.145. The van der Waals surface area contributed by atoms with E-state index in [0.29, 0.717) is 17.3 Å². The molecule has 0 aliphatic carbocycles. The molecule has 0 radical (unpaired) electrons. The van der Waals surface area contributed by atoms with Gasteiger partial charge in [-0.25, -0.2) is 19.7 Å². The van der Waals surface area contributed by atoms with Gasteiger partial charge in [0.25, 0.3) is 0 Å². The van der Waals surface area contributed by atoms with Gasteiger partial charge in [0.1, 0.15) is 24.0 Å². The summed E-state index contributed by atoms with van der Waals surface area (Å²) in [5.41, 5.74) is 13.4. The number of aliphatic hydroxyl groups excluding tert-OH is 1. The second kappa shape index (κ2) is 16.7. The lowest BCUT2D eigenvalue weighted by molar-refractivity contribution is -0.143. The van der Waals surface area contributed by atoms with Gasteiger partial charge in [-0.3, -0.25) is 4.79 Å². The first-order valence-corrected chi connectivity index (χ1v) is 16.3. The predicted octanol–water partition coefficient (Wildman–Crippen LogP) is 6.14. The van der Waals surface area contributed by atoms with E-state index in [1.54, 1.807) is 18.4 Å². The summed E-state index contributed by atoms with van der Waals surface area (Å²) in [6, 6.07) is 30.5. The van der Waals surface area contributed by atoms with Crippen LogP contribution in [0.1, 0.15) is 16.1 Å². The SMILES string of the molecule is COC(=O)C(N)CO.COC(=O)c1ccc(-c2nc3ccccc3n2C)cc1.Cn1c(-c2ccc(-c3nc(CCl)co3)cc2)nc2ccccc21. The number of rotatable bonds is 7. The number of ether oxygens (including phenoxy) is 2. The molecule has 3 N–H and O–H groups in total. The lowest BCUT2D eigenvalue weighted by Gasteiger charge is -2.04. The molecule has 3 heterocycles. The summed E-state index contributed by atoms with van der Waals surface area (Å²) in [5, 5.41) is 8.21. The van der Waals surface area contributed by atoms with Crippen LogP contribution in [0.15, 0.2) is 108 Å². The molecule has 262 valence electrons. The third-order valence-electron chi connectivity index (χ3n) is 7.92. The van der Waals surface area contributed by atoms with Crippen LogP contribution < -0.4 is 5.73 Å². The molecule has 4 aromatic carbocycles. The van der Waals surface area contributed by atoms with Crippen LogP contribution in [0.25, 0.3) is 56.3 Å². The van der Waals surface area contributed by atoms with Crippen LogP contribution in [0.3, 0.4) is 0 Å². The number of carbonyl (C=O) groups is 2. The predicted molar refractivity (Wildman–Crippen MR) is 196 cm³/mol. The van der Waals surface area contributed by atoms with Crippen molar-refractivity contribution >= 4 is 45.6 Å². The van der Waals surface area contributed by atoms with Gasteiger partial charge in [0.05, 0.1) is 60.0 Å². The van der Waals surface area contributed by atoms with E-state index in [9.17, 15) is 9.59 Å². The maximum atomic E-state index is 11.4. The van der Waals surface area contributed by atoms with Gasteiger partial charge in [-0.2, -0.15) is 0 Å². The van der Waals surface area contributed by atoms with Crippen LogP contribution in [-0.4, -0.2) is 68.0 Å². The Balaban J connectivity index is 0.000000165. The lowest BCUT2D eigenvalue weighted by Crippen LogP contribution is -2.34. The molecule has 0 amide bonds. The molecular formula is C38H37ClN6O6. The molecule has 0 saturated carbocycles. The Morgan fingerprint density at radius 1 is 0.765 bits per heavy atom. The number of fused-ring (bicyclic) bond motifs is 2. The summed E-state index contributed by atoms with van der Waals surface area (Å²) >= 11 is 5.76. The Morgan fingerprint density at radius 2 is 1.25 bits per heavy atom. The smallest absolute Gasteiger partial charge is 0.337 e. The maximum absolute atomic E-state index is 11.4. The van der Waals surface area contributed by atoms with Gasteiger partial charge >= 0.3 is 11.9 Å². The van der Waals surface area contributed by atoms with Crippen LogP contribution in [0.4, 0.5) is 0 Å². The van der Waals surface area contributed by atoms with Gasteiger partial charge in [0.15, 0.2) is 0 Å². The number of hydrogen-bond acceptors (Lipinski definition) is 10. The van der Waals surface area contributed by atoms with Crippen molar-refractivity contribution < 1.29 is 28.6 Å². The zero-order valence-electron chi connectivity index (χ0n) is 28.5. The van der Waals surface area contributed by atoms with Gasteiger partial charge in [0.2, 0.25) is 5.89 Å². The number of esters is 2. The summed E-state index contributed by atoms with van der Waals surface area (Å²) in [7, 11) is 6.61. The summed E-state index contributed by atoms with van der Waals surface area (Å²) in [6.45, 7) is -0.368. The van der Waals surface area contributed by atoms with Crippen molar-refractivity contribution in [3.63, 3.8) is 0 Å². The molecule has 7 rings (SSSR count). The van der Waals surface area contributed by atoms with Crippen molar-refractivity contribution in [3.8, 4) is 34.2 Å². The highest BCUT2D eigenvalue weighted by Gasteiger charge is 2.13. The van der Waals surface area contributed by atoms with Gasteiger partial charge in [0, 0.05) is 30.8 Å². The standard InChI is InChI=1S/C18H14ClN3O.C16H14N2O2.C4H9NO3/c1-22-16-5-3-2-4-15(16)21-17(22)12-6-8-13(9-7-12)18-20-14(10-19)11-23-18;1-18-14-6-4-3-5-13(14)17-15(18)11-7-9-12(10-8-11)16(19)20-2;1-8-4(7)3(5)2-6/h2-9,11H,10H2,1H3;3-10H,1-2H3;3,6H,2,5H2,1H3. The fraction of sp³-hybridized carbons (Fsp3) is 0.184. The molecule has 0 bridgehead atoms. The van der Waals surface area contributed by atoms with Gasteiger partial charge in [-0.05, 0) is 48.5 Å². The molecule has 0 aliphatic heterocycles. The van der Waals surface area contributed by atoms with E-state index < -0.39 is 12.0 Å². The largest absolute Gasteiger partial charge is 0.468 e. The van der Waals surface area contributed by atoms with Crippen LogP contribution in [0.5, 0.6) is 0 Å². The number of benzene rings is 4. The second-order valence-electron chi connectivity index (χ2n) is 11.2. The van der Waals surface area contributed by atoms with Crippen molar-refractivity contribution in [3.05, 3.63) is 115 Å². The number of aliphatic hydroxyl groups is 1. The van der Waals surface area contributed by atoms with E-state index >= 15 is 0 Å². The number of nitrogens with two attached hydrogens (primary N) is 1. The molecule has 0 aliphatic rings. The minimum atomic E-state index is -0.889. The molecule has 51 heavy (non-hydrogen) atoms.